The van der Waals surface area contributed by atoms with Crippen molar-refractivity contribution in [2.24, 2.45) is 0 Å². The first-order valence-corrected chi connectivity index (χ1v) is 5.72. The van der Waals surface area contributed by atoms with Gasteiger partial charge in [0.2, 0.25) is 0 Å². The van der Waals surface area contributed by atoms with E-state index in [9.17, 15) is 9.18 Å². The molecule has 0 bridgehead atoms. The van der Waals surface area contributed by atoms with E-state index in [2.05, 4.69) is 15.5 Å². The van der Waals surface area contributed by atoms with Gasteiger partial charge in [-0.2, -0.15) is 5.10 Å². The Morgan fingerprint density at radius 2 is 1.79 bits per heavy atom. The van der Waals surface area contributed by atoms with Gasteiger partial charge in [0.1, 0.15) is 5.82 Å². The highest BCUT2D eigenvalue weighted by molar-refractivity contribution is 5.84. The molecule has 0 unspecified atom stereocenters. The second kappa shape index (κ2) is 4.53. The zero-order valence-corrected chi connectivity index (χ0v) is 9.85. The number of halogens is 1. The van der Waals surface area contributed by atoms with Crippen LogP contribution in [0.2, 0.25) is 0 Å². The molecule has 0 aliphatic heterocycles. The highest BCUT2D eigenvalue weighted by Crippen LogP contribution is 2.20. The van der Waals surface area contributed by atoms with Gasteiger partial charge in [-0.05, 0) is 42.5 Å². The van der Waals surface area contributed by atoms with Gasteiger partial charge in [0.15, 0.2) is 0 Å². The van der Waals surface area contributed by atoms with E-state index in [0.717, 1.165) is 16.8 Å². The summed E-state index contributed by atoms with van der Waals surface area (Å²) in [5.41, 5.74) is 1.37. The quantitative estimate of drug-likeness (QED) is 0.740. The van der Waals surface area contributed by atoms with Gasteiger partial charge >= 0.3 is 0 Å². The zero-order valence-electron chi connectivity index (χ0n) is 9.85. The van der Waals surface area contributed by atoms with Gasteiger partial charge in [0.05, 0.1) is 11.6 Å². The van der Waals surface area contributed by atoms with Crippen LogP contribution in [0.25, 0.3) is 10.8 Å². The van der Waals surface area contributed by atoms with E-state index >= 15 is 0 Å². The van der Waals surface area contributed by atoms with Crippen molar-refractivity contribution in [3.63, 3.8) is 0 Å². The van der Waals surface area contributed by atoms with Gasteiger partial charge < -0.3 is 5.32 Å². The van der Waals surface area contributed by atoms with Crippen LogP contribution in [-0.4, -0.2) is 10.2 Å². The summed E-state index contributed by atoms with van der Waals surface area (Å²) < 4.78 is 12.8. The molecule has 0 atom stereocenters. The smallest absolute Gasteiger partial charge is 0.272 e. The number of nitrogens with zero attached hydrogens (tertiary/aromatic N) is 1. The molecule has 3 aromatic rings. The van der Waals surface area contributed by atoms with E-state index in [1.54, 1.807) is 30.5 Å². The number of nitrogens with one attached hydrogen (secondary N) is 2. The summed E-state index contributed by atoms with van der Waals surface area (Å²) in [6.07, 6.45) is 1.59. The number of H-pyrrole nitrogens is 1. The minimum atomic E-state index is -0.278. The molecule has 1 heterocycles. The van der Waals surface area contributed by atoms with E-state index in [1.807, 2.05) is 6.07 Å². The lowest BCUT2D eigenvalue weighted by Crippen LogP contribution is -2.07. The van der Waals surface area contributed by atoms with Gasteiger partial charge in [-0.3, -0.25) is 4.79 Å². The maximum Gasteiger partial charge on any atom is 0.272 e. The number of fused-ring (bicyclic) bond motifs is 1. The fraction of sp³-hybridized carbons (Fsp3) is 0. The van der Waals surface area contributed by atoms with Crippen molar-refractivity contribution < 1.29 is 4.39 Å². The van der Waals surface area contributed by atoms with Crippen molar-refractivity contribution >= 4 is 22.1 Å². The Morgan fingerprint density at radius 1 is 1.05 bits per heavy atom. The fourth-order valence-corrected chi connectivity index (χ4v) is 1.87. The van der Waals surface area contributed by atoms with E-state index in [4.69, 9.17) is 0 Å². The Bertz CT molecular complexity index is 781. The number of hydrogen-bond acceptors (Lipinski definition) is 3. The molecule has 0 aliphatic carbocycles. The Hall–Kier alpha value is -2.69. The lowest BCUT2D eigenvalue weighted by Gasteiger charge is -2.07. The molecule has 4 nitrogen and oxygen atoms in total. The molecule has 0 amide bonds. The standard InChI is InChI=1S/C14H10FN3O/c15-10-1-3-11(4-2-10)17-12-5-6-13-9(7-12)8-16-18-14(13)19/h1-8,17H,(H,18,19). The Kier molecular flexibility index (Phi) is 2.72. The Balaban J connectivity index is 1.97. The molecule has 2 aromatic carbocycles. The van der Waals surface area contributed by atoms with E-state index < -0.39 is 0 Å². The fourth-order valence-electron chi connectivity index (χ4n) is 1.87. The largest absolute Gasteiger partial charge is 0.356 e. The minimum Gasteiger partial charge on any atom is -0.356 e. The van der Waals surface area contributed by atoms with Crippen molar-refractivity contribution in [2.75, 3.05) is 5.32 Å². The molecule has 94 valence electrons. The Labute approximate surface area is 107 Å². The maximum atomic E-state index is 12.8. The third kappa shape index (κ3) is 2.30. The number of aromatic nitrogens is 2. The molecular formula is C14H10FN3O. The summed E-state index contributed by atoms with van der Waals surface area (Å²) >= 11 is 0. The molecule has 19 heavy (non-hydrogen) atoms. The van der Waals surface area contributed by atoms with Crippen molar-refractivity contribution in [1.82, 2.24) is 10.2 Å². The molecular weight excluding hydrogens is 245 g/mol. The topological polar surface area (TPSA) is 57.8 Å². The molecule has 0 radical (unpaired) electrons. The second-order valence-corrected chi connectivity index (χ2v) is 4.13. The number of aromatic amines is 1. The van der Waals surface area contributed by atoms with E-state index in [0.29, 0.717) is 5.39 Å². The lowest BCUT2D eigenvalue weighted by atomic mass is 10.2. The van der Waals surface area contributed by atoms with Gasteiger partial charge in [0.25, 0.3) is 5.56 Å². The molecule has 0 saturated heterocycles. The molecule has 3 rings (SSSR count). The van der Waals surface area contributed by atoms with Crippen LogP contribution in [0.1, 0.15) is 0 Å². The monoisotopic (exact) mass is 255 g/mol. The van der Waals surface area contributed by atoms with Gasteiger partial charge in [-0.1, -0.05) is 0 Å². The number of anilines is 2. The number of rotatable bonds is 2. The average Bonchev–Trinajstić information content (AvgIpc) is 2.42. The first-order chi connectivity index (χ1) is 9.22. The highest BCUT2D eigenvalue weighted by atomic mass is 19.1. The molecule has 1 aromatic heterocycles. The van der Waals surface area contributed by atoms with Crippen molar-refractivity contribution in [1.29, 1.82) is 0 Å². The summed E-state index contributed by atoms with van der Waals surface area (Å²) in [4.78, 5) is 11.5. The predicted octanol–water partition coefficient (Wildman–Crippen LogP) is 2.81. The van der Waals surface area contributed by atoms with Crippen LogP contribution in [0.5, 0.6) is 0 Å². The zero-order chi connectivity index (χ0) is 13.2. The van der Waals surface area contributed by atoms with Crippen LogP contribution in [0, 0.1) is 5.82 Å². The first-order valence-electron chi connectivity index (χ1n) is 5.72. The molecule has 0 fully saturated rings. The van der Waals surface area contributed by atoms with Crippen LogP contribution in [0.3, 0.4) is 0 Å². The summed E-state index contributed by atoms with van der Waals surface area (Å²) in [5.74, 6) is -0.278. The van der Waals surface area contributed by atoms with Gasteiger partial charge in [-0.15, -0.1) is 0 Å². The first kappa shape index (κ1) is 11.4. The molecule has 0 spiro atoms. The number of benzene rings is 2. The predicted molar refractivity (Wildman–Crippen MR) is 72.0 cm³/mol. The van der Waals surface area contributed by atoms with E-state index in [-0.39, 0.29) is 11.4 Å². The molecule has 0 saturated carbocycles. The summed E-state index contributed by atoms with van der Waals surface area (Å²) in [6, 6.07) is 11.4. The maximum absolute atomic E-state index is 12.8. The van der Waals surface area contributed by atoms with Crippen LogP contribution >= 0.6 is 0 Å². The number of hydrogen-bond donors (Lipinski definition) is 2. The van der Waals surface area contributed by atoms with Gasteiger partial charge in [-0.25, -0.2) is 9.49 Å². The third-order valence-corrected chi connectivity index (χ3v) is 2.80. The Morgan fingerprint density at radius 3 is 2.58 bits per heavy atom. The average molecular weight is 255 g/mol. The summed E-state index contributed by atoms with van der Waals surface area (Å²) in [7, 11) is 0. The minimum absolute atomic E-state index is 0.217. The second-order valence-electron chi connectivity index (χ2n) is 4.13. The van der Waals surface area contributed by atoms with Crippen molar-refractivity contribution in [3.05, 3.63) is 64.8 Å². The van der Waals surface area contributed by atoms with E-state index in [1.165, 1.54) is 12.1 Å². The van der Waals surface area contributed by atoms with Crippen LogP contribution in [0.4, 0.5) is 15.8 Å². The van der Waals surface area contributed by atoms with Crippen LogP contribution < -0.4 is 10.9 Å². The normalized spacial score (nSPS) is 10.6. The molecule has 5 heteroatoms. The van der Waals surface area contributed by atoms with Crippen LogP contribution in [-0.2, 0) is 0 Å². The molecule has 0 aliphatic rings. The van der Waals surface area contributed by atoms with Crippen LogP contribution in [0.15, 0.2) is 53.5 Å². The SMILES string of the molecule is O=c1[nH]ncc2cc(Nc3ccc(F)cc3)ccc12. The lowest BCUT2D eigenvalue weighted by molar-refractivity contribution is 0.628. The summed E-state index contributed by atoms with van der Waals surface area (Å²) in [5, 5.41) is 10.6. The van der Waals surface area contributed by atoms with Crippen molar-refractivity contribution in [2.45, 2.75) is 0 Å². The van der Waals surface area contributed by atoms with Gasteiger partial charge in [0, 0.05) is 16.8 Å². The highest BCUT2D eigenvalue weighted by Gasteiger charge is 2.01. The van der Waals surface area contributed by atoms with Crippen molar-refractivity contribution in [3.8, 4) is 0 Å². The third-order valence-electron chi connectivity index (χ3n) is 2.80. The molecule has 2 N–H and O–H groups in total. The summed E-state index contributed by atoms with van der Waals surface area (Å²) in [6.45, 7) is 0.